The van der Waals surface area contributed by atoms with Crippen LogP contribution in [0, 0.1) is 0 Å². The Labute approximate surface area is 166 Å². The van der Waals surface area contributed by atoms with Crippen LogP contribution < -0.4 is 20.3 Å². The third-order valence-corrected chi connectivity index (χ3v) is 4.99. The molecule has 0 spiro atoms. The van der Waals surface area contributed by atoms with Gasteiger partial charge in [0.2, 0.25) is 0 Å². The highest BCUT2D eigenvalue weighted by Crippen LogP contribution is 2.14. The van der Waals surface area contributed by atoms with Gasteiger partial charge in [0, 0.05) is 45.5 Å². The van der Waals surface area contributed by atoms with Crippen LogP contribution in [-0.4, -0.2) is 55.7 Å². The van der Waals surface area contributed by atoms with Gasteiger partial charge in [-0.1, -0.05) is 25.1 Å². The van der Waals surface area contributed by atoms with Gasteiger partial charge in [-0.2, -0.15) is 0 Å². The summed E-state index contributed by atoms with van der Waals surface area (Å²) in [5.74, 6) is 1.78. The molecule has 0 bridgehead atoms. The fourth-order valence-electron chi connectivity index (χ4n) is 3.21. The van der Waals surface area contributed by atoms with E-state index in [0.717, 1.165) is 55.4 Å². The van der Waals surface area contributed by atoms with E-state index < -0.39 is 0 Å². The molecule has 2 N–H and O–H groups in total. The Morgan fingerprint density at radius 2 is 1.82 bits per heavy atom. The lowest BCUT2D eigenvalue weighted by Crippen LogP contribution is -2.46. The van der Waals surface area contributed by atoms with Crippen LogP contribution in [0.3, 0.4) is 0 Å². The summed E-state index contributed by atoms with van der Waals surface area (Å²) in [5, 5.41) is 5.72. The first-order valence-electron chi connectivity index (χ1n) is 9.75. The summed E-state index contributed by atoms with van der Waals surface area (Å²) in [6.07, 6.45) is 1.84. The number of nitrogens with one attached hydrogen (secondary N) is 2. The number of hydrogen-bond acceptors (Lipinski definition) is 5. The maximum atomic E-state index is 12.0. The van der Waals surface area contributed by atoms with Crippen molar-refractivity contribution in [1.82, 2.24) is 20.5 Å². The van der Waals surface area contributed by atoms with Gasteiger partial charge in [0.25, 0.3) is 0 Å². The minimum absolute atomic E-state index is 0.206. The van der Waals surface area contributed by atoms with Crippen molar-refractivity contribution in [1.29, 1.82) is 0 Å². The first-order chi connectivity index (χ1) is 13.7. The lowest BCUT2D eigenvalue weighted by Gasteiger charge is -2.34. The molecule has 150 valence electrons. The molecule has 7 nitrogen and oxygen atoms in total. The summed E-state index contributed by atoms with van der Waals surface area (Å²) in [7, 11) is 1.63. The molecule has 1 aliphatic rings. The van der Waals surface area contributed by atoms with E-state index in [2.05, 4.69) is 32.3 Å². The van der Waals surface area contributed by atoms with Gasteiger partial charge in [-0.3, -0.25) is 0 Å². The number of amides is 2. The largest absolute Gasteiger partial charge is 0.497 e. The van der Waals surface area contributed by atoms with Crippen LogP contribution in [0.1, 0.15) is 18.1 Å². The Bertz CT molecular complexity index is 758. The quantitative estimate of drug-likeness (QED) is 0.767. The van der Waals surface area contributed by atoms with E-state index in [1.54, 1.807) is 7.11 Å². The number of aromatic nitrogens is 1. The number of piperazine rings is 1. The van der Waals surface area contributed by atoms with Gasteiger partial charge in [0.1, 0.15) is 11.6 Å². The standard InChI is InChI=1S/C21H29N5O2/c1-3-25-9-11-26(12-10-25)20-8-7-18(15-22-20)16-24-21(27)23-14-17-5-4-6-19(13-17)28-2/h4-8,13,15H,3,9-12,14,16H2,1-2H3,(H2,23,24,27). The Hall–Kier alpha value is -2.80. The molecular weight excluding hydrogens is 354 g/mol. The van der Waals surface area contributed by atoms with Crippen molar-refractivity contribution in [2.75, 3.05) is 44.7 Å². The monoisotopic (exact) mass is 383 g/mol. The average molecular weight is 383 g/mol. The Morgan fingerprint density at radius 1 is 1.07 bits per heavy atom. The number of likely N-dealkylation sites (N-methyl/N-ethyl adjacent to an activating group) is 1. The van der Waals surface area contributed by atoms with E-state index in [1.807, 2.05) is 42.6 Å². The number of benzene rings is 1. The normalized spacial score (nSPS) is 14.6. The molecule has 28 heavy (non-hydrogen) atoms. The number of rotatable bonds is 7. The molecule has 2 amide bonds. The van der Waals surface area contributed by atoms with E-state index in [9.17, 15) is 4.79 Å². The summed E-state index contributed by atoms with van der Waals surface area (Å²) >= 11 is 0. The molecule has 1 saturated heterocycles. The van der Waals surface area contributed by atoms with Crippen LogP contribution in [0.25, 0.3) is 0 Å². The zero-order valence-electron chi connectivity index (χ0n) is 16.6. The number of ether oxygens (including phenoxy) is 1. The Morgan fingerprint density at radius 3 is 2.46 bits per heavy atom. The summed E-state index contributed by atoms with van der Waals surface area (Å²) in [5.41, 5.74) is 1.97. The minimum atomic E-state index is -0.206. The van der Waals surface area contributed by atoms with Gasteiger partial charge in [-0.05, 0) is 35.9 Å². The molecule has 3 rings (SSSR count). The zero-order valence-corrected chi connectivity index (χ0v) is 16.6. The topological polar surface area (TPSA) is 69.7 Å². The molecule has 0 unspecified atom stereocenters. The molecule has 7 heteroatoms. The van der Waals surface area contributed by atoms with Crippen LogP contribution in [0.4, 0.5) is 10.6 Å². The third-order valence-electron chi connectivity index (χ3n) is 4.99. The van der Waals surface area contributed by atoms with Crippen molar-refractivity contribution < 1.29 is 9.53 Å². The van der Waals surface area contributed by atoms with Crippen molar-refractivity contribution in [3.63, 3.8) is 0 Å². The molecular formula is C21H29N5O2. The van der Waals surface area contributed by atoms with Gasteiger partial charge in [-0.25, -0.2) is 9.78 Å². The number of nitrogens with zero attached hydrogens (tertiary/aromatic N) is 3. The van der Waals surface area contributed by atoms with Crippen LogP contribution >= 0.6 is 0 Å². The average Bonchev–Trinajstić information content (AvgIpc) is 2.77. The molecule has 2 aromatic rings. The lowest BCUT2D eigenvalue weighted by atomic mass is 10.2. The highest BCUT2D eigenvalue weighted by molar-refractivity contribution is 5.73. The maximum Gasteiger partial charge on any atom is 0.315 e. The Balaban J connectivity index is 1.42. The fourth-order valence-corrected chi connectivity index (χ4v) is 3.21. The van der Waals surface area contributed by atoms with Crippen molar-refractivity contribution in [2.24, 2.45) is 0 Å². The van der Waals surface area contributed by atoms with Gasteiger partial charge in [-0.15, -0.1) is 0 Å². The molecule has 1 aromatic carbocycles. The van der Waals surface area contributed by atoms with Gasteiger partial charge in [0.05, 0.1) is 7.11 Å². The van der Waals surface area contributed by atoms with Crippen molar-refractivity contribution >= 4 is 11.8 Å². The number of urea groups is 1. The van der Waals surface area contributed by atoms with Crippen LogP contribution in [-0.2, 0) is 13.1 Å². The second-order valence-electron chi connectivity index (χ2n) is 6.83. The predicted octanol–water partition coefficient (Wildman–Crippen LogP) is 2.23. The van der Waals surface area contributed by atoms with Gasteiger partial charge in [0.15, 0.2) is 0 Å². The number of hydrogen-bond donors (Lipinski definition) is 2. The molecule has 0 saturated carbocycles. The first-order valence-corrected chi connectivity index (χ1v) is 9.75. The van der Waals surface area contributed by atoms with Gasteiger partial charge >= 0.3 is 6.03 Å². The molecule has 1 aromatic heterocycles. The van der Waals surface area contributed by atoms with Crippen LogP contribution in [0.5, 0.6) is 5.75 Å². The molecule has 1 aliphatic heterocycles. The Kier molecular flexibility index (Phi) is 7.08. The van der Waals surface area contributed by atoms with Crippen LogP contribution in [0.2, 0.25) is 0 Å². The number of carbonyl (C=O) groups excluding carboxylic acids is 1. The van der Waals surface area contributed by atoms with E-state index in [1.165, 1.54) is 0 Å². The zero-order chi connectivity index (χ0) is 19.8. The summed E-state index contributed by atoms with van der Waals surface area (Å²) in [6.45, 7) is 8.36. The molecule has 0 radical (unpaired) electrons. The number of carbonyl (C=O) groups is 1. The molecule has 0 atom stereocenters. The molecule has 1 fully saturated rings. The fraction of sp³-hybridized carbons (Fsp3) is 0.429. The minimum Gasteiger partial charge on any atom is -0.497 e. The van der Waals surface area contributed by atoms with E-state index in [0.29, 0.717) is 13.1 Å². The van der Waals surface area contributed by atoms with Crippen molar-refractivity contribution in [3.8, 4) is 5.75 Å². The third kappa shape index (κ3) is 5.60. The SMILES string of the molecule is CCN1CCN(c2ccc(CNC(=O)NCc3cccc(OC)c3)cn2)CC1. The van der Waals surface area contributed by atoms with E-state index >= 15 is 0 Å². The summed E-state index contributed by atoms with van der Waals surface area (Å²) in [4.78, 5) is 21.3. The van der Waals surface area contributed by atoms with Crippen molar-refractivity contribution in [2.45, 2.75) is 20.0 Å². The molecule has 0 aliphatic carbocycles. The summed E-state index contributed by atoms with van der Waals surface area (Å²) < 4.78 is 5.19. The van der Waals surface area contributed by atoms with Gasteiger partial charge < -0.3 is 25.2 Å². The lowest BCUT2D eigenvalue weighted by molar-refractivity contribution is 0.240. The number of methoxy groups -OCH3 is 1. The van der Waals surface area contributed by atoms with Crippen LogP contribution in [0.15, 0.2) is 42.6 Å². The second-order valence-corrected chi connectivity index (χ2v) is 6.83. The highest BCUT2D eigenvalue weighted by Gasteiger charge is 2.16. The number of anilines is 1. The predicted molar refractivity (Wildman–Crippen MR) is 111 cm³/mol. The molecule has 2 heterocycles. The van der Waals surface area contributed by atoms with E-state index in [4.69, 9.17) is 4.74 Å². The van der Waals surface area contributed by atoms with E-state index in [-0.39, 0.29) is 6.03 Å². The van der Waals surface area contributed by atoms with Crippen molar-refractivity contribution in [3.05, 3.63) is 53.7 Å². The number of pyridine rings is 1. The maximum absolute atomic E-state index is 12.0. The summed E-state index contributed by atoms with van der Waals surface area (Å²) in [6, 6.07) is 11.5. The second kappa shape index (κ2) is 9.94. The smallest absolute Gasteiger partial charge is 0.315 e. The highest BCUT2D eigenvalue weighted by atomic mass is 16.5. The first kappa shape index (κ1) is 19.9.